The standard InChI is InChI=1S/C19H22ClFN4O/c20-17-4-3-14(8-18(17)21)9-23-10-15(11-24-7-1-2-19(24)26)12-25-16(13-23)5-6-22-25/h3-6,8,15H,1-2,7,9-13H2/t15-/m0/s1. The molecule has 3 heterocycles. The van der Waals surface area contributed by atoms with Gasteiger partial charge < -0.3 is 4.90 Å². The first-order chi connectivity index (χ1) is 12.6. The van der Waals surface area contributed by atoms with Crippen molar-refractivity contribution in [2.24, 2.45) is 5.92 Å². The van der Waals surface area contributed by atoms with Gasteiger partial charge in [0.25, 0.3) is 0 Å². The van der Waals surface area contributed by atoms with Crippen molar-refractivity contribution < 1.29 is 9.18 Å². The van der Waals surface area contributed by atoms with E-state index in [1.165, 1.54) is 6.07 Å². The van der Waals surface area contributed by atoms with Crippen molar-refractivity contribution >= 4 is 17.5 Å². The number of carbonyl (C=O) groups is 1. The summed E-state index contributed by atoms with van der Waals surface area (Å²) < 4.78 is 15.8. The molecule has 4 rings (SSSR count). The number of nitrogens with zero attached hydrogens (tertiary/aromatic N) is 4. The summed E-state index contributed by atoms with van der Waals surface area (Å²) in [6.45, 7) is 4.65. The van der Waals surface area contributed by atoms with Crippen LogP contribution in [0, 0.1) is 11.7 Å². The van der Waals surface area contributed by atoms with Crippen molar-refractivity contribution in [3.05, 3.63) is 52.6 Å². The number of rotatable bonds is 4. The third-order valence-electron chi connectivity index (χ3n) is 5.18. The molecule has 1 atom stereocenters. The molecule has 0 unspecified atom stereocenters. The molecular formula is C19H22ClFN4O. The van der Waals surface area contributed by atoms with Gasteiger partial charge in [-0.25, -0.2) is 4.39 Å². The molecule has 0 aliphatic carbocycles. The zero-order chi connectivity index (χ0) is 18.1. The molecule has 1 aromatic heterocycles. The SMILES string of the molecule is O=C1CCCN1C[C@@H]1CN(Cc2ccc(Cl)c(F)c2)Cc2ccnn2C1. The Kier molecular flexibility index (Phi) is 4.96. The topological polar surface area (TPSA) is 41.4 Å². The Balaban J connectivity index is 1.51. The maximum atomic E-state index is 13.8. The van der Waals surface area contributed by atoms with Gasteiger partial charge >= 0.3 is 0 Å². The molecule has 2 aliphatic heterocycles. The Morgan fingerprint density at radius 2 is 2.15 bits per heavy atom. The highest BCUT2D eigenvalue weighted by Gasteiger charge is 2.28. The third-order valence-corrected chi connectivity index (χ3v) is 5.48. The van der Waals surface area contributed by atoms with Crippen LogP contribution in [0.1, 0.15) is 24.1 Å². The first-order valence-electron chi connectivity index (χ1n) is 9.03. The molecule has 1 fully saturated rings. The third kappa shape index (κ3) is 3.76. The van der Waals surface area contributed by atoms with Gasteiger partial charge in [0.1, 0.15) is 5.82 Å². The normalized spacial score (nSPS) is 21.1. The zero-order valence-electron chi connectivity index (χ0n) is 14.6. The van der Waals surface area contributed by atoms with Gasteiger partial charge in [0, 0.05) is 57.8 Å². The van der Waals surface area contributed by atoms with E-state index in [9.17, 15) is 9.18 Å². The van der Waals surface area contributed by atoms with Crippen LogP contribution in [0.2, 0.25) is 5.02 Å². The van der Waals surface area contributed by atoms with Crippen LogP contribution >= 0.6 is 11.6 Å². The fourth-order valence-electron chi connectivity index (χ4n) is 3.96. The minimum absolute atomic E-state index is 0.146. The molecule has 5 nitrogen and oxygen atoms in total. The summed E-state index contributed by atoms with van der Waals surface area (Å²) in [6.07, 6.45) is 3.43. The predicted molar refractivity (Wildman–Crippen MR) is 97.1 cm³/mol. The van der Waals surface area contributed by atoms with E-state index in [0.29, 0.717) is 18.9 Å². The molecule has 138 valence electrons. The van der Waals surface area contributed by atoms with E-state index in [2.05, 4.69) is 10.00 Å². The van der Waals surface area contributed by atoms with Crippen molar-refractivity contribution in [2.75, 3.05) is 19.6 Å². The predicted octanol–water partition coefficient (Wildman–Crippen LogP) is 2.93. The number of hydrogen-bond acceptors (Lipinski definition) is 3. The van der Waals surface area contributed by atoms with Crippen molar-refractivity contribution in [3.8, 4) is 0 Å². The molecule has 1 aromatic carbocycles. The van der Waals surface area contributed by atoms with Gasteiger partial charge in [-0.2, -0.15) is 5.10 Å². The Bertz CT molecular complexity index is 809. The Morgan fingerprint density at radius 3 is 2.92 bits per heavy atom. The van der Waals surface area contributed by atoms with Crippen LogP contribution in [-0.4, -0.2) is 45.1 Å². The van der Waals surface area contributed by atoms with E-state index >= 15 is 0 Å². The molecule has 0 saturated carbocycles. The Morgan fingerprint density at radius 1 is 1.27 bits per heavy atom. The second-order valence-corrected chi connectivity index (χ2v) is 7.64. The van der Waals surface area contributed by atoms with Crippen molar-refractivity contribution in [1.82, 2.24) is 19.6 Å². The smallest absolute Gasteiger partial charge is 0.222 e. The van der Waals surface area contributed by atoms with Crippen LogP contribution < -0.4 is 0 Å². The molecule has 0 bridgehead atoms. The van der Waals surface area contributed by atoms with Gasteiger partial charge in [-0.1, -0.05) is 17.7 Å². The monoisotopic (exact) mass is 376 g/mol. The quantitative estimate of drug-likeness (QED) is 0.823. The van der Waals surface area contributed by atoms with Crippen molar-refractivity contribution in [3.63, 3.8) is 0 Å². The van der Waals surface area contributed by atoms with Crippen LogP contribution in [-0.2, 0) is 24.4 Å². The molecule has 0 N–H and O–H groups in total. The summed E-state index contributed by atoms with van der Waals surface area (Å²) in [5.74, 6) is 0.167. The lowest BCUT2D eigenvalue weighted by molar-refractivity contribution is -0.128. The number of halogens is 2. The maximum absolute atomic E-state index is 13.8. The van der Waals surface area contributed by atoms with Crippen LogP contribution in [0.3, 0.4) is 0 Å². The van der Waals surface area contributed by atoms with E-state index < -0.39 is 0 Å². The summed E-state index contributed by atoms with van der Waals surface area (Å²) in [6, 6.07) is 7.00. The summed E-state index contributed by atoms with van der Waals surface area (Å²) >= 11 is 5.80. The molecular weight excluding hydrogens is 355 g/mol. The van der Waals surface area contributed by atoms with Crippen molar-refractivity contribution in [1.29, 1.82) is 0 Å². The van der Waals surface area contributed by atoms with Crippen LogP contribution in [0.15, 0.2) is 30.5 Å². The molecule has 2 aromatic rings. The van der Waals surface area contributed by atoms with Gasteiger partial charge in [0.05, 0.1) is 10.7 Å². The highest BCUT2D eigenvalue weighted by atomic mass is 35.5. The molecule has 7 heteroatoms. The van der Waals surface area contributed by atoms with E-state index in [1.807, 2.05) is 27.9 Å². The van der Waals surface area contributed by atoms with Gasteiger partial charge in [-0.05, 0) is 30.2 Å². The number of aromatic nitrogens is 2. The second-order valence-electron chi connectivity index (χ2n) is 7.23. The summed E-state index contributed by atoms with van der Waals surface area (Å²) in [5.41, 5.74) is 2.05. The first kappa shape index (κ1) is 17.5. The Labute approximate surface area is 157 Å². The summed E-state index contributed by atoms with van der Waals surface area (Å²) in [4.78, 5) is 16.3. The molecule has 2 aliphatic rings. The molecule has 0 radical (unpaired) electrons. The zero-order valence-corrected chi connectivity index (χ0v) is 15.3. The minimum Gasteiger partial charge on any atom is -0.342 e. The molecule has 1 saturated heterocycles. The number of amides is 1. The van der Waals surface area contributed by atoms with E-state index in [1.54, 1.807) is 6.07 Å². The van der Waals surface area contributed by atoms with Crippen LogP contribution in [0.5, 0.6) is 0 Å². The summed E-state index contributed by atoms with van der Waals surface area (Å²) in [7, 11) is 0. The molecule has 1 amide bonds. The average molecular weight is 377 g/mol. The average Bonchev–Trinajstić information content (AvgIpc) is 3.17. The number of likely N-dealkylation sites (tertiary alicyclic amines) is 1. The van der Waals surface area contributed by atoms with Crippen LogP contribution in [0.4, 0.5) is 4.39 Å². The van der Waals surface area contributed by atoms with Crippen LogP contribution in [0.25, 0.3) is 0 Å². The maximum Gasteiger partial charge on any atom is 0.222 e. The largest absolute Gasteiger partial charge is 0.342 e. The van der Waals surface area contributed by atoms with Gasteiger partial charge in [-0.15, -0.1) is 0 Å². The Hall–Kier alpha value is -1.92. The lowest BCUT2D eigenvalue weighted by Crippen LogP contribution is -2.37. The first-order valence-corrected chi connectivity index (χ1v) is 9.41. The minimum atomic E-state index is -0.386. The van der Waals surface area contributed by atoms with Gasteiger partial charge in [-0.3, -0.25) is 14.4 Å². The van der Waals surface area contributed by atoms with Crippen molar-refractivity contribution in [2.45, 2.75) is 32.5 Å². The fraction of sp³-hybridized carbons (Fsp3) is 0.474. The number of carbonyl (C=O) groups excluding carboxylic acids is 1. The highest BCUT2D eigenvalue weighted by molar-refractivity contribution is 6.30. The fourth-order valence-corrected chi connectivity index (χ4v) is 4.08. The second kappa shape index (κ2) is 7.37. The van der Waals surface area contributed by atoms with Gasteiger partial charge in [0.15, 0.2) is 0 Å². The van der Waals surface area contributed by atoms with E-state index in [0.717, 1.165) is 50.4 Å². The number of benzene rings is 1. The lowest BCUT2D eigenvalue weighted by Gasteiger charge is -2.27. The highest BCUT2D eigenvalue weighted by Crippen LogP contribution is 2.22. The van der Waals surface area contributed by atoms with Gasteiger partial charge in [0.2, 0.25) is 5.91 Å². The van der Waals surface area contributed by atoms with E-state index in [-0.39, 0.29) is 16.7 Å². The molecule has 0 spiro atoms. The van der Waals surface area contributed by atoms with E-state index in [4.69, 9.17) is 11.6 Å². The summed E-state index contributed by atoms with van der Waals surface area (Å²) in [5, 5.41) is 4.58. The molecule has 26 heavy (non-hydrogen) atoms. The number of fused-ring (bicyclic) bond motifs is 1. The lowest BCUT2D eigenvalue weighted by atomic mass is 10.1. The number of hydrogen-bond donors (Lipinski definition) is 0.